The second-order valence-electron chi connectivity index (χ2n) is 4.93. The molecule has 0 heterocycles. The molecule has 0 aromatic heterocycles. The van der Waals surface area contributed by atoms with Gasteiger partial charge in [0, 0.05) is 5.57 Å². The van der Waals surface area contributed by atoms with E-state index in [1.54, 1.807) is 13.0 Å². The number of aliphatic hydroxyl groups is 2. The molecule has 0 saturated carbocycles. The van der Waals surface area contributed by atoms with Crippen molar-refractivity contribution in [3.8, 4) is 0 Å². The van der Waals surface area contributed by atoms with Crippen molar-refractivity contribution >= 4 is 0 Å². The van der Waals surface area contributed by atoms with E-state index in [-0.39, 0.29) is 11.5 Å². The molecule has 1 aliphatic rings. The van der Waals surface area contributed by atoms with Gasteiger partial charge < -0.3 is 10.2 Å². The maximum atomic E-state index is 9.63. The molecule has 0 aliphatic heterocycles. The van der Waals surface area contributed by atoms with Crippen molar-refractivity contribution in [2.45, 2.75) is 46.3 Å². The van der Waals surface area contributed by atoms with Gasteiger partial charge in [-0.25, -0.2) is 0 Å². The van der Waals surface area contributed by atoms with Crippen molar-refractivity contribution in [1.82, 2.24) is 0 Å². The van der Waals surface area contributed by atoms with Crippen LogP contribution in [0.15, 0.2) is 29.0 Å². The number of aliphatic hydroxyl groups excluding tert-OH is 2. The van der Waals surface area contributed by atoms with Gasteiger partial charge in [-0.3, -0.25) is 0 Å². The van der Waals surface area contributed by atoms with Gasteiger partial charge in [-0.2, -0.15) is 0 Å². The molecule has 2 nitrogen and oxygen atoms in total. The molecular weight excluding hydrogens is 188 g/mol. The zero-order valence-corrected chi connectivity index (χ0v) is 9.91. The first-order valence-electron chi connectivity index (χ1n) is 5.35. The van der Waals surface area contributed by atoms with Crippen molar-refractivity contribution in [3.63, 3.8) is 0 Å². The first-order valence-corrected chi connectivity index (χ1v) is 5.35. The summed E-state index contributed by atoms with van der Waals surface area (Å²) in [4.78, 5) is 0. The molecular formula is C13H20O2. The molecule has 0 bridgehead atoms. The fraction of sp³-hybridized carbons (Fsp3) is 0.615. The van der Waals surface area contributed by atoms with E-state index in [1.807, 2.05) is 13.0 Å². The molecule has 15 heavy (non-hydrogen) atoms. The molecule has 84 valence electrons. The molecule has 0 spiro atoms. The van der Waals surface area contributed by atoms with Crippen molar-refractivity contribution in [2.24, 2.45) is 5.41 Å². The Morgan fingerprint density at radius 2 is 2.20 bits per heavy atom. The minimum Gasteiger partial charge on any atom is -0.389 e. The Balaban J connectivity index is 3.15. The Labute approximate surface area is 91.6 Å². The second-order valence-corrected chi connectivity index (χ2v) is 4.93. The Hall–Kier alpha value is -0.820. The van der Waals surface area contributed by atoms with E-state index >= 15 is 0 Å². The summed E-state index contributed by atoms with van der Waals surface area (Å²) >= 11 is 0. The lowest BCUT2D eigenvalue weighted by molar-refractivity contribution is 0.161. The Kier molecular flexibility index (Phi) is 3.56. The van der Waals surface area contributed by atoms with E-state index in [9.17, 15) is 10.2 Å². The molecule has 0 radical (unpaired) electrons. The van der Waals surface area contributed by atoms with E-state index in [4.69, 9.17) is 0 Å². The SMILES string of the molecule is CC1=C[C@H](O)CC(C)(C)C1=C=C[C@H](C)O. The van der Waals surface area contributed by atoms with Gasteiger partial charge in [-0.1, -0.05) is 19.9 Å². The summed E-state index contributed by atoms with van der Waals surface area (Å²) in [7, 11) is 0. The van der Waals surface area contributed by atoms with Gasteiger partial charge in [0.15, 0.2) is 0 Å². The molecule has 1 aliphatic carbocycles. The smallest absolute Gasteiger partial charge is 0.0766 e. The van der Waals surface area contributed by atoms with Crippen LogP contribution in [0.25, 0.3) is 0 Å². The fourth-order valence-corrected chi connectivity index (χ4v) is 2.10. The lowest BCUT2D eigenvalue weighted by Crippen LogP contribution is -2.26. The van der Waals surface area contributed by atoms with Gasteiger partial charge >= 0.3 is 0 Å². The van der Waals surface area contributed by atoms with Crippen molar-refractivity contribution in [3.05, 3.63) is 29.0 Å². The maximum Gasteiger partial charge on any atom is 0.0766 e. The molecule has 0 saturated heterocycles. The quantitative estimate of drug-likeness (QED) is 0.648. The minimum absolute atomic E-state index is 0.0797. The van der Waals surface area contributed by atoms with Gasteiger partial charge in [0.05, 0.1) is 12.2 Å². The van der Waals surface area contributed by atoms with Crippen LogP contribution in [0, 0.1) is 5.41 Å². The average Bonchev–Trinajstić information content (AvgIpc) is 1.98. The monoisotopic (exact) mass is 208 g/mol. The molecule has 0 aromatic carbocycles. The summed E-state index contributed by atoms with van der Waals surface area (Å²) in [6.07, 6.45) is 3.38. The third-order valence-electron chi connectivity index (χ3n) is 2.70. The third-order valence-corrected chi connectivity index (χ3v) is 2.70. The highest BCUT2D eigenvalue weighted by Gasteiger charge is 2.30. The zero-order valence-electron chi connectivity index (χ0n) is 9.91. The fourth-order valence-electron chi connectivity index (χ4n) is 2.10. The van der Waals surface area contributed by atoms with Gasteiger partial charge in [-0.05, 0) is 37.3 Å². The predicted octanol–water partition coefficient (Wildman–Crippen LogP) is 2.19. The van der Waals surface area contributed by atoms with Crippen LogP contribution < -0.4 is 0 Å². The predicted molar refractivity (Wildman–Crippen MR) is 61.4 cm³/mol. The van der Waals surface area contributed by atoms with Crippen LogP contribution in [-0.2, 0) is 0 Å². The average molecular weight is 208 g/mol. The maximum absolute atomic E-state index is 9.63. The largest absolute Gasteiger partial charge is 0.389 e. The number of hydrogen-bond donors (Lipinski definition) is 2. The number of hydrogen-bond acceptors (Lipinski definition) is 2. The molecule has 0 amide bonds. The van der Waals surface area contributed by atoms with Crippen LogP contribution in [0.3, 0.4) is 0 Å². The van der Waals surface area contributed by atoms with Crippen LogP contribution in [0.2, 0.25) is 0 Å². The first kappa shape index (κ1) is 12.3. The molecule has 0 fully saturated rings. The van der Waals surface area contributed by atoms with E-state index in [0.717, 1.165) is 11.1 Å². The van der Waals surface area contributed by atoms with Crippen molar-refractivity contribution in [1.29, 1.82) is 0 Å². The van der Waals surface area contributed by atoms with Crippen LogP contribution in [0.5, 0.6) is 0 Å². The van der Waals surface area contributed by atoms with Crippen molar-refractivity contribution in [2.75, 3.05) is 0 Å². The summed E-state index contributed by atoms with van der Waals surface area (Å²) in [5.74, 6) is 0. The lowest BCUT2D eigenvalue weighted by Gasteiger charge is -2.33. The van der Waals surface area contributed by atoms with Gasteiger partial charge in [0.25, 0.3) is 0 Å². The topological polar surface area (TPSA) is 40.5 Å². The first-order chi connectivity index (χ1) is 6.83. The molecule has 0 aromatic rings. The molecule has 2 heteroatoms. The number of rotatable bonds is 1. The van der Waals surface area contributed by atoms with Gasteiger partial charge in [-0.15, -0.1) is 5.73 Å². The van der Waals surface area contributed by atoms with E-state index < -0.39 is 6.10 Å². The van der Waals surface area contributed by atoms with E-state index in [2.05, 4.69) is 19.6 Å². The Morgan fingerprint density at radius 1 is 1.60 bits per heavy atom. The summed E-state index contributed by atoms with van der Waals surface area (Å²) < 4.78 is 0. The highest BCUT2D eigenvalue weighted by atomic mass is 16.3. The molecule has 2 atom stereocenters. The molecule has 0 unspecified atom stereocenters. The van der Waals surface area contributed by atoms with Crippen LogP contribution in [-0.4, -0.2) is 22.4 Å². The van der Waals surface area contributed by atoms with Crippen LogP contribution in [0.1, 0.15) is 34.1 Å². The Bertz CT molecular complexity index is 328. The summed E-state index contributed by atoms with van der Waals surface area (Å²) in [6, 6.07) is 0. The highest BCUT2D eigenvalue weighted by molar-refractivity contribution is 5.37. The van der Waals surface area contributed by atoms with Gasteiger partial charge in [0.1, 0.15) is 0 Å². The highest BCUT2D eigenvalue weighted by Crippen LogP contribution is 2.39. The van der Waals surface area contributed by atoms with E-state index in [0.29, 0.717) is 6.42 Å². The summed E-state index contributed by atoms with van der Waals surface area (Å²) in [6.45, 7) is 7.86. The lowest BCUT2D eigenvalue weighted by atomic mass is 9.72. The van der Waals surface area contributed by atoms with Gasteiger partial charge in [0.2, 0.25) is 0 Å². The third kappa shape index (κ3) is 3.07. The Morgan fingerprint density at radius 3 is 2.67 bits per heavy atom. The summed E-state index contributed by atoms with van der Waals surface area (Å²) in [5, 5.41) is 18.8. The second kappa shape index (κ2) is 4.36. The minimum atomic E-state index is -0.479. The normalized spacial score (nSPS) is 26.7. The standard InChI is InChI=1S/C13H20O2/c1-9-7-11(15)8-13(3,4)12(9)6-5-10(2)14/h5,7,10-11,14-15H,8H2,1-4H3/t6?,10-,11-/m0/s1. The molecule has 2 N–H and O–H groups in total. The van der Waals surface area contributed by atoms with E-state index in [1.165, 1.54) is 0 Å². The molecule has 1 rings (SSSR count). The van der Waals surface area contributed by atoms with Crippen LogP contribution >= 0.6 is 0 Å². The van der Waals surface area contributed by atoms with Crippen LogP contribution in [0.4, 0.5) is 0 Å². The van der Waals surface area contributed by atoms with Crippen molar-refractivity contribution < 1.29 is 10.2 Å². The zero-order chi connectivity index (χ0) is 11.6. The summed E-state index contributed by atoms with van der Waals surface area (Å²) in [5.41, 5.74) is 5.19. The number of allylic oxidation sites excluding steroid dienone is 1.